The number of hydrogen-bond donors (Lipinski definition) is 2. The molecule has 0 saturated carbocycles. The Kier molecular flexibility index (Phi) is 7.37. The molecule has 0 atom stereocenters. The lowest BCUT2D eigenvalue weighted by Gasteiger charge is -2.11. The lowest BCUT2D eigenvalue weighted by atomic mass is 10.2. The van der Waals surface area contributed by atoms with Crippen LogP contribution in [0.1, 0.15) is 30.6 Å². The molecule has 0 spiro atoms. The second kappa shape index (κ2) is 9.96. The minimum atomic E-state index is -0.379. The lowest BCUT2D eigenvalue weighted by molar-refractivity contribution is -0.115. The summed E-state index contributed by atoms with van der Waals surface area (Å²) < 4.78 is 10.6. The van der Waals surface area contributed by atoms with E-state index in [1.54, 1.807) is 43.3 Å². The number of para-hydroxylation sites is 2. The maximum atomic E-state index is 12.2. The maximum Gasteiger partial charge on any atom is 0.271 e. The molecular weight excluding hydrogens is 346 g/mol. The summed E-state index contributed by atoms with van der Waals surface area (Å²) in [6.45, 7) is 4.05. The first-order chi connectivity index (χ1) is 13.0. The zero-order valence-corrected chi connectivity index (χ0v) is 15.6. The van der Waals surface area contributed by atoms with Gasteiger partial charge in [0, 0.05) is 11.3 Å². The molecule has 2 aromatic rings. The van der Waals surface area contributed by atoms with Crippen LogP contribution in [0.25, 0.3) is 0 Å². The van der Waals surface area contributed by atoms with Gasteiger partial charge >= 0.3 is 0 Å². The second-order valence-electron chi connectivity index (χ2n) is 5.67. The van der Waals surface area contributed by atoms with Gasteiger partial charge in [0.05, 0.1) is 25.8 Å². The minimum absolute atomic E-state index is 0.0405. The Balaban J connectivity index is 1.93. The third-order valence-corrected chi connectivity index (χ3v) is 3.56. The zero-order valence-electron chi connectivity index (χ0n) is 15.6. The Bertz CT molecular complexity index is 833. The fourth-order valence-electron chi connectivity index (χ4n) is 2.29. The molecule has 7 nitrogen and oxygen atoms in total. The van der Waals surface area contributed by atoms with Crippen molar-refractivity contribution in [3.63, 3.8) is 0 Å². The monoisotopic (exact) mass is 369 g/mol. The van der Waals surface area contributed by atoms with Crippen LogP contribution in [0.15, 0.2) is 53.6 Å². The van der Waals surface area contributed by atoms with E-state index in [1.807, 2.05) is 19.1 Å². The number of amides is 2. The van der Waals surface area contributed by atoms with Crippen LogP contribution in [0.4, 0.5) is 5.69 Å². The van der Waals surface area contributed by atoms with Crippen LogP contribution in [0.3, 0.4) is 0 Å². The number of ether oxygens (including phenoxy) is 2. The van der Waals surface area contributed by atoms with Crippen molar-refractivity contribution < 1.29 is 19.1 Å². The first-order valence-electron chi connectivity index (χ1n) is 8.52. The van der Waals surface area contributed by atoms with Gasteiger partial charge in [-0.25, -0.2) is 5.43 Å². The molecule has 0 fully saturated rings. The number of anilines is 1. The molecule has 0 radical (unpaired) electrons. The van der Waals surface area contributed by atoms with Gasteiger partial charge in [-0.3, -0.25) is 9.59 Å². The normalized spacial score (nSPS) is 10.9. The van der Waals surface area contributed by atoms with Gasteiger partial charge in [0.25, 0.3) is 5.91 Å². The first kappa shape index (κ1) is 20.0. The van der Waals surface area contributed by atoms with E-state index in [1.165, 1.54) is 7.11 Å². The molecule has 2 aromatic carbocycles. The van der Waals surface area contributed by atoms with Crippen molar-refractivity contribution in [1.29, 1.82) is 0 Å². The highest BCUT2D eigenvalue weighted by molar-refractivity contribution is 6.06. The number of methoxy groups -OCH3 is 1. The summed E-state index contributed by atoms with van der Waals surface area (Å²) in [5.41, 5.74) is 3.92. The average molecular weight is 369 g/mol. The van der Waals surface area contributed by atoms with Crippen LogP contribution in [0.2, 0.25) is 0 Å². The molecule has 0 heterocycles. The third kappa shape index (κ3) is 6.14. The Labute approximate surface area is 158 Å². The standard InChI is InChI=1S/C20H23N3O4/c1-4-27-18-11-6-5-10-17(18)21-19(24)12-14(2)22-23-20(25)15-8-7-9-16(13-15)26-3/h5-11,13H,4,12H2,1-3H3,(H,21,24)(H,23,25)/b22-14+. The molecule has 2 amide bonds. The summed E-state index contributed by atoms with van der Waals surface area (Å²) in [5, 5.41) is 6.77. The van der Waals surface area contributed by atoms with Crippen molar-refractivity contribution in [2.75, 3.05) is 19.0 Å². The predicted molar refractivity (Wildman–Crippen MR) is 104 cm³/mol. The molecule has 0 aliphatic carbocycles. The Morgan fingerprint density at radius 3 is 2.63 bits per heavy atom. The van der Waals surface area contributed by atoms with Crippen LogP contribution in [-0.2, 0) is 4.79 Å². The minimum Gasteiger partial charge on any atom is -0.497 e. The van der Waals surface area contributed by atoms with Crippen LogP contribution >= 0.6 is 0 Å². The zero-order chi connectivity index (χ0) is 19.6. The fraction of sp³-hybridized carbons (Fsp3) is 0.250. The summed E-state index contributed by atoms with van der Waals surface area (Å²) >= 11 is 0. The highest BCUT2D eigenvalue weighted by Crippen LogP contribution is 2.23. The van der Waals surface area contributed by atoms with E-state index in [4.69, 9.17) is 9.47 Å². The van der Waals surface area contributed by atoms with Crippen molar-refractivity contribution in [3.8, 4) is 11.5 Å². The summed E-state index contributed by atoms with van der Waals surface area (Å²) in [5.74, 6) is 0.555. The van der Waals surface area contributed by atoms with E-state index >= 15 is 0 Å². The molecule has 142 valence electrons. The van der Waals surface area contributed by atoms with Crippen molar-refractivity contribution in [3.05, 3.63) is 54.1 Å². The molecule has 27 heavy (non-hydrogen) atoms. The van der Waals surface area contributed by atoms with Gasteiger partial charge in [0.15, 0.2) is 0 Å². The molecule has 0 bridgehead atoms. The number of nitrogens with zero attached hydrogens (tertiary/aromatic N) is 1. The van der Waals surface area contributed by atoms with Crippen LogP contribution < -0.4 is 20.2 Å². The first-order valence-corrected chi connectivity index (χ1v) is 8.52. The average Bonchev–Trinajstić information content (AvgIpc) is 2.67. The van der Waals surface area contributed by atoms with Crippen molar-refractivity contribution in [2.24, 2.45) is 5.10 Å². The molecule has 2 rings (SSSR count). The molecule has 2 N–H and O–H groups in total. The number of nitrogens with one attached hydrogen (secondary N) is 2. The maximum absolute atomic E-state index is 12.2. The number of carbonyl (C=O) groups excluding carboxylic acids is 2. The van der Waals surface area contributed by atoms with Gasteiger partial charge in [-0.1, -0.05) is 18.2 Å². The Morgan fingerprint density at radius 2 is 1.89 bits per heavy atom. The molecule has 0 saturated heterocycles. The van der Waals surface area contributed by atoms with E-state index in [-0.39, 0.29) is 18.2 Å². The smallest absolute Gasteiger partial charge is 0.271 e. The molecule has 0 aliphatic rings. The Morgan fingerprint density at radius 1 is 1.11 bits per heavy atom. The van der Waals surface area contributed by atoms with E-state index in [0.29, 0.717) is 35.1 Å². The van der Waals surface area contributed by atoms with Crippen molar-refractivity contribution in [1.82, 2.24) is 5.43 Å². The van der Waals surface area contributed by atoms with Crippen LogP contribution in [-0.4, -0.2) is 31.2 Å². The summed E-state index contributed by atoms with van der Waals surface area (Å²) in [6.07, 6.45) is 0.0405. The molecule has 7 heteroatoms. The molecule has 0 aliphatic heterocycles. The van der Waals surface area contributed by atoms with Gasteiger partial charge in [-0.15, -0.1) is 0 Å². The molecule has 0 unspecified atom stereocenters. The number of rotatable bonds is 8. The third-order valence-electron chi connectivity index (χ3n) is 3.56. The SMILES string of the molecule is CCOc1ccccc1NC(=O)C/C(C)=N/NC(=O)c1cccc(OC)c1. The summed E-state index contributed by atoms with van der Waals surface area (Å²) in [6, 6.07) is 13.9. The van der Waals surface area contributed by atoms with Crippen LogP contribution in [0.5, 0.6) is 11.5 Å². The van der Waals surface area contributed by atoms with E-state index in [0.717, 1.165) is 0 Å². The van der Waals surface area contributed by atoms with E-state index in [9.17, 15) is 9.59 Å². The Hall–Kier alpha value is -3.35. The van der Waals surface area contributed by atoms with Gasteiger partial charge < -0.3 is 14.8 Å². The molecular formula is C20H23N3O4. The lowest BCUT2D eigenvalue weighted by Crippen LogP contribution is -2.21. The van der Waals surface area contributed by atoms with Gasteiger partial charge in [0.2, 0.25) is 5.91 Å². The van der Waals surface area contributed by atoms with Gasteiger partial charge in [0.1, 0.15) is 11.5 Å². The number of hydrogen-bond acceptors (Lipinski definition) is 5. The molecule has 0 aromatic heterocycles. The van der Waals surface area contributed by atoms with E-state index < -0.39 is 0 Å². The van der Waals surface area contributed by atoms with Gasteiger partial charge in [-0.05, 0) is 44.2 Å². The van der Waals surface area contributed by atoms with Crippen LogP contribution in [0, 0.1) is 0 Å². The number of hydrazone groups is 1. The fourth-order valence-corrected chi connectivity index (χ4v) is 2.29. The highest BCUT2D eigenvalue weighted by atomic mass is 16.5. The van der Waals surface area contributed by atoms with Gasteiger partial charge in [-0.2, -0.15) is 5.10 Å². The van der Waals surface area contributed by atoms with Crippen molar-refractivity contribution in [2.45, 2.75) is 20.3 Å². The van der Waals surface area contributed by atoms with Crippen molar-refractivity contribution >= 4 is 23.2 Å². The largest absolute Gasteiger partial charge is 0.497 e. The predicted octanol–water partition coefficient (Wildman–Crippen LogP) is 3.23. The summed E-state index contributed by atoms with van der Waals surface area (Å²) in [4.78, 5) is 24.3. The number of benzene rings is 2. The number of carbonyl (C=O) groups is 2. The summed E-state index contributed by atoms with van der Waals surface area (Å²) in [7, 11) is 1.53. The second-order valence-corrected chi connectivity index (χ2v) is 5.67. The van der Waals surface area contributed by atoms with E-state index in [2.05, 4.69) is 15.8 Å². The highest BCUT2D eigenvalue weighted by Gasteiger charge is 2.10. The quantitative estimate of drug-likeness (QED) is 0.552. The topological polar surface area (TPSA) is 89.0 Å².